The Balaban J connectivity index is 2.25. The van der Waals surface area contributed by atoms with Gasteiger partial charge in [-0.2, -0.15) is 5.26 Å². The summed E-state index contributed by atoms with van der Waals surface area (Å²) in [5.74, 6) is 0.252. The molecule has 0 fully saturated rings. The van der Waals surface area contributed by atoms with Crippen molar-refractivity contribution in [2.75, 3.05) is 12.4 Å². The molecule has 0 aliphatic carbocycles. The summed E-state index contributed by atoms with van der Waals surface area (Å²) < 4.78 is 5.92. The van der Waals surface area contributed by atoms with Crippen LogP contribution in [-0.4, -0.2) is 13.0 Å². The fourth-order valence-electron chi connectivity index (χ4n) is 2.23. The highest BCUT2D eigenvalue weighted by Gasteiger charge is 2.11. The second-order valence-electron chi connectivity index (χ2n) is 5.34. The first-order valence-electron chi connectivity index (χ1n) is 7.28. The smallest absolute Gasteiger partial charge is 0.266 e. The van der Waals surface area contributed by atoms with E-state index in [1.54, 1.807) is 31.4 Å². The van der Waals surface area contributed by atoms with Gasteiger partial charge in [0.05, 0.1) is 11.6 Å². The van der Waals surface area contributed by atoms with Gasteiger partial charge in [-0.1, -0.05) is 23.8 Å². The Morgan fingerprint density at radius 3 is 2.58 bits per heavy atom. The standard InChI is InChI=1S/C19H17BrN2O2/c1-12-4-6-17(13(2)8-12)22-19(23)15(11-21)9-14-5-7-18(24-3)16(20)10-14/h4-10H,1-3H3,(H,22,23)/b15-9+. The van der Waals surface area contributed by atoms with Gasteiger partial charge in [0.2, 0.25) is 0 Å². The van der Waals surface area contributed by atoms with Crippen molar-refractivity contribution in [3.63, 3.8) is 0 Å². The fourth-order valence-corrected chi connectivity index (χ4v) is 2.79. The summed E-state index contributed by atoms with van der Waals surface area (Å²) >= 11 is 3.39. The lowest BCUT2D eigenvalue weighted by molar-refractivity contribution is -0.112. The number of hydrogen-bond donors (Lipinski definition) is 1. The van der Waals surface area contributed by atoms with Gasteiger partial charge < -0.3 is 10.1 Å². The van der Waals surface area contributed by atoms with Crippen LogP contribution in [0.5, 0.6) is 5.75 Å². The van der Waals surface area contributed by atoms with E-state index >= 15 is 0 Å². The minimum Gasteiger partial charge on any atom is -0.496 e. The summed E-state index contributed by atoms with van der Waals surface area (Å²) in [4.78, 5) is 12.4. The highest BCUT2D eigenvalue weighted by atomic mass is 79.9. The van der Waals surface area contributed by atoms with E-state index in [0.717, 1.165) is 21.2 Å². The summed E-state index contributed by atoms with van der Waals surface area (Å²) in [7, 11) is 1.58. The number of nitrogens with one attached hydrogen (secondary N) is 1. The Bertz CT molecular complexity index is 851. The molecule has 4 nitrogen and oxygen atoms in total. The number of halogens is 1. The van der Waals surface area contributed by atoms with E-state index in [-0.39, 0.29) is 5.57 Å². The third-order valence-corrected chi connectivity index (χ3v) is 4.10. The SMILES string of the molecule is COc1ccc(/C=C(\C#N)C(=O)Nc2ccc(C)cc2C)cc1Br. The Morgan fingerprint density at radius 1 is 1.25 bits per heavy atom. The van der Waals surface area contributed by atoms with E-state index in [2.05, 4.69) is 21.2 Å². The van der Waals surface area contributed by atoms with E-state index in [1.807, 2.05) is 38.1 Å². The van der Waals surface area contributed by atoms with Crippen molar-refractivity contribution in [1.29, 1.82) is 5.26 Å². The molecule has 0 heterocycles. The molecule has 24 heavy (non-hydrogen) atoms. The van der Waals surface area contributed by atoms with Crippen LogP contribution >= 0.6 is 15.9 Å². The number of hydrogen-bond acceptors (Lipinski definition) is 3. The topological polar surface area (TPSA) is 62.1 Å². The number of nitrogens with zero attached hydrogens (tertiary/aromatic N) is 1. The van der Waals surface area contributed by atoms with Gasteiger partial charge in [0.1, 0.15) is 17.4 Å². The lowest BCUT2D eigenvalue weighted by Crippen LogP contribution is -2.14. The van der Waals surface area contributed by atoms with Crippen LogP contribution in [0.25, 0.3) is 6.08 Å². The molecule has 122 valence electrons. The molecule has 0 unspecified atom stereocenters. The summed E-state index contributed by atoms with van der Waals surface area (Å²) in [6.07, 6.45) is 1.54. The van der Waals surface area contributed by atoms with Gasteiger partial charge in [-0.15, -0.1) is 0 Å². The number of aryl methyl sites for hydroxylation is 2. The van der Waals surface area contributed by atoms with Crippen molar-refractivity contribution >= 4 is 33.6 Å². The van der Waals surface area contributed by atoms with Crippen molar-refractivity contribution in [2.24, 2.45) is 0 Å². The van der Waals surface area contributed by atoms with Crippen molar-refractivity contribution in [2.45, 2.75) is 13.8 Å². The molecule has 2 aromatic rings. The van der Waals surface area contributed by atoms with Gasteiger partial charge in [0.15, 0.2) is 0 Å². The van der Waals surface area contributed by atoms with Crippen LogP contribution in [-0.2, 0) is 4.79 Å². The zero-order chi connectivity index (χ0) is 17.7. The molecule has 0 aliphatic rings. The molecule has 1 amide bonds. The highest BCUT2D eigenvalue weighted by molar-refractivity contribution is 9.10. The largest absolute Gasteiger partial charge is 0.496 e. The molecule has 0 bridgehead atoms. The maximum Gasteiger partial charge on any atom is 0.266 e. The predicted molar refractivity (Wildman–Crippen MR) is 98.8 cm³/mol. The van der Waals surface area contributed by atoms with Gasteiger partial charge in [-0.25, -0.2) is 0 Å². The maximum absolute atomic E-state index is 12.4. The lowest BCUT2D eigenvalue weighted by atomic mass is 10.1. The summed E-state index contributed by atoms with van der Waals surface area (Å²) in [5.41, 5.74) is 3.53. The maximum atomic E-state index is 12.4. The minimum absolute atomic E-state index is 0.0343. The molecule has 0 atom stereocenters. The molecule has 0 saturated heterocycles. The van der Waals surface area contributed by atoms with E-state index in [1.165, 1.54) is 0 Å². The van der Waals surface area contributed by atoms with Crippen LogP contribution in [0.15, 0.2) is 46.4 Å². The zero-order valence-corrected chi connectivity index (χ0v) is 15.3. The summed E-state index contributed by atoms with van der Waals surface area (Å²) in [5, 5.41) is 12.1. The summed E-state index contributed by atoms with van der Waals surface area (Å²) in [6, 6.07) is 13.0. The average molecular weight is 385 g/mol. The van der Waals surface area contributed by atoms with Gasteiger partial charge in [0, 0.05) is 5.69 Å². The number of rotatable bonds is 4. The Morgan fingerprint density at radius 2 is 2.00 bits per heavy atom. The molecule has 0 radical (unpaired) electrons. The van der Waals surface area contributed by atoms with Gasteiger partial charge in [-0.3, -0.25) is 4.79 Å². The molecule has 2 rings (SSSR count). The fraction of sp³-hybridized carbons (Fsp3) is 0.158. The Kier molecular flexibility index (Phi) is 5.78. The van der Waals surface area contributed by atoms with E-state index in [9.17, 15) is 10.1 Å². The first-order valence-corrected chi connectivity index (χ1v) is 8.08. The van der Waals surface area contributed by atoms with Crippen molar-refractivity contribution in [3.8, 4) is 11.8 Å². The van der Waals surface area contributed by atoms with Crippen molar-refractivity contribution in [1.82, 2.24) is 0 Å². The van der Waals surface area contributed by atoms with E-state index in [4.69, 9.17) is 4.74 Å². The van der Waals surface area contributed by atoms with Crippen molar-refractivity contribution in [3.05, 3.63) is 63.1 Å². The third kappa shape index (κ3) is 4.24. The molecule has 0 aliphatic heterocycles. The number of ether oxygens (including phenoxy) is 1. The lowest BCUT2D eigenvalue weighted by Gasteiger charge is -2.09. The van der Waals surface area contributed by atoms with Gasteiger partial charge in [-0.05, 0) is 65.2 Å². The monoisotopic (exact) mass is 384 g/mol. The highest BCUT2D eigenvalue weighted by Crippen LogP contribution is 2.26. The Labute approximate surface area is 149 Å². The molecule has 0 saturated carbocycles. The number of anilines is 1. The number of carbonyl (C=O) groups is 1. The number of benzene rings is 2. The average Bonchev–Trinajstić information content (AvgIpc) is 2.55. The predicted octanol–water partition coefficient (Wildman–Crippen LogP) is 4.62. The van der Waals surface area contributed by atoms with Crippen LogP contribution < -0.4 is 10.1 Å². The van der Waals surface area contributed by atoms with Crippen LogP contribution in [0.1, 0.15) is 16.7 Å². The normalized spacial score (nSPS) is 10.9. The zero-order valence-electron chi connectivity index (χ0n) is 13.7. The molecular formula is C19H17BrN2O2. The number of methoxy groups -OCH3 is 1. The second kappa shape index (κ2) is 7.80. The minimum atomic E-state index is -0.434. The van der Waals surface area contributed by atoms with E-state index in [0.29, 0.717) is 11.4 Å². The van der Waals surface area contributed by atoms with Gasteiger partial charge >= 0.3 is 0 Å². The number of nitriles is 1. The first-order chi connectivity index (χ1) is 11.4. The van der Waals surface area contributed by atoms with Crippen LogP contribution in [0.2, 0.25) is 0 Å². The summed E-state index contributed by atoms with van der Waals surface area (Å²) in [6.45, 7) is 3.90. The molecular weight excluding hydrogens is 368 g/mol. The van der Waals surface area contributed by atoms with E-state index < -0.39 is 5.91 Å². The molecule has 0 aromatic heterocycles. The molecule has 1 N–H and O–H groups in total. The first kappa shape index (κ1) is 17.8. The Hall–Kier alpha value is -2.58. The van der Waals surface area contributed by atoms with Gasteiger partial charge in [0.25, 0.3) is 5.91 Å². The molecule has 5 heteroatoms. The quantitative estimate of drug-likeness (QED) is 0.617. The second-order valence-corrected chi connectivity index (χ2v) is 6.19. The van der Waals surface area contributed by atoms with Crippen molar-refractivity contribution < 1.29 is 9.53 Å². The van der Waals surface area contributed by atoms with Crippen LogP contribution in [0.4, 0.5) is 5.69 Å². The molecule has 2 aromatic carbocycles. The number of carbonyl (C=O) groups excluding carboxylic acids is 1. The van der Waals surface area contributed by atoms with Crippen LogP contribution in [0, 0.1) is 25.2 Å². The third-order valence-electron chi connectivity index (χ3n) is 3.48. The van der Waals surface area contributed by atoms with Crippen LogP contribution in [0.3, 0.4) is 0 Å². The number of amides is 1. The molecule has 0 spiro atoms.